The number of hydrogen-bond donors (Lipinski definition) is 0. The van der Waals surface area contributed by atoms with Crippen LogP contribution in [-0.4, -0.2) is 15.0 Å². The largest absolute Gasteiger partial charge is 0.256 e. The first-order chi connectivity index (χ1) is 7.93. The zero-order valence-electron chi connectivity index (χ0n) is 8.54. The molecule has 0 bridgehead atoms. The number of rotatable bonds is 1. The third-order valence-electron chi connectivity index (χ3n) is 2.43. The molecule has 0 radical (unpaired) electrons. The lowest BCUT2D eigenvalue weighted by atomic mass is 10.1. The van der Waals surface area contributed by atoms with Gasteiger partial charge in [0.25, 0.3) is 0 Å². The van der Waals surface area contributed by atoms with Gasteiger partial charge in [0.15, 0.2) is 0 Å². The topological polar surface area (TPSA) is 38.7 Å². The van der Waals surface area contributed by atoms with Gasteiger partial charge in [-0.05, 0) is 24.3 Å². The Bertz CT molecular complexity index is 620. The summed E-state index contributed by atoms with van der Waals surface area (Å²) in [4.78, 5) is 12.8. The first-order valence-electron chi connectivity index (χ1n) is 5.06. The van der Waals surface area contributed by atoms with Crippen LogP contribution in [0.5, 0.6) is 0 Å². The summed E-state index contributed by atoms with van der Waals surface area (Å²) in [6.45, 7) is 0. The lowest BCUT2D eigenvalue weighted by Crippen LogP contribution is -1.85. The minimum Gasteiger partial charge on any atom is -0.256 e. The van der Waals surface area contributed by atoms with Crippen molar-refractivity contribution in [2.45, 2.75) is 0 Å². The van der Waals surface area contributed by atoms with Crippen LogP contribution >= 0.6 is 0 Å². The van der Waals surface area contributed by atoms with Crippen LogP contribution in [0, 0.1) is 0 Å². The van der Waals surface area contributed by atoms with E-state index in [9.17, 15) is 0 Å². The maximum Gasteiger partial charge on any atom is 0.0893 e. The summed E-state index contributed by atoms with van der Waals surface area (Å²) in [5, 5.41) is 0. The Labute approximate surface area is 92.8 Å². The fourth-order valence-corrected chi connectivity index (χ4v) is 1.66. The van der Waals surface area contributed by atoms with E-state index in [2.05, 4.69) is 15.0 Å². The number of hydrogen-bond acceptors (Lipinski definition) is 3. The summed E-state index contributed by atoms with van der Waals surface area (Å²) in [5.74, 6) is 0. The quantitative estimate of drug-likeness (QED) is 0.615. The van der Waals surface area contributed by atoms with Gasteiger partial charge in [0.1, 0.15) is 0 Å². The maximum absolute atomic E-state index is 4.31. The van der Waals surface area contributed by atoms with Crippen LogP contribution in [0.15, 0.2) is 55.0 Å². The molecule has 0 fully saturated rings. The summed E-state index contributed by atoms with van der Waals surface area (Å²) in [6.07, 6.45) is 5.18. The monoisotopic (exact) mass is 207 g/mol. The van der Waals surface area contributed by atoms with Crippen molar-refractivity contribution in [1.82, 2.24) is 15.0 Å². The normalized spacial score (nSPS) is 10.5. The van der Waals surface area contributed by atoms with Crippen molar-refractivity contribution in [3.05, 3.63) is 55.0 Å². The molecule has 0 N–H and O–H groups in total. The van der Waals surface area contributed by atoms with E-state index in [4.69, 9.17) is 0 Å². The van der Waals surface area contributed by atoms with Crippen molar-refractivity contribution in [1.29, 1.82) is 0 Å². The first-order valence-corrected chi connectivity index (χ1v) is 5.06. The molecule has 0 saturated heterocycles. The van der Waals surface area contributed by atoms with Crippen LogP contribution in [0.2, 0.25) is 0 Å². The molecular weight excluding hydrogens is 198 g/mol. The van der Waals surface area contributed by atoms with Crippen LogP contribution < -0.4 is 0 Å². The summed E-state index contributed by atoms with van der Waals surface area (Å²) < 4.78 is 0. The van der Waals surface area contributed by atoms with Crippen LogP contribution in [0.3, 0.4) is 0 Å². The lowest BCUT2D eigenvalue weighted by Gasteiger charge is -2.01. The molecular formula is C13H9N3. The van der Waals surface area contributed by atoms with Crippen LogP contribution in [0.4, 0.5) is 0 Å². The zero-order valence-corrected chi connectivity index (χ0v) is 8.54. The lowest BCUT2D eigenvalue weighted by molar-refractivity contribution is 1.28. The molecule has 0 aliphatic carbocycles. The second kappa shape index (κ2) is 3.70. The van der Waals surface area contributed by atoms with Gasteiger partial charge in [-0.25, -0.2) is 0 Å². The van der Waals surface area contributed by atoms with E-state index in [1.54, 1.807) is 18.6 Å². The highest BCUT2D eigenvalue weighted by Gasteiger charge is 2.00. The molecule has 16 heavy (non-hydrogen) atoms. The van der Waals surface area contributed by atoms with Gasteiger partial charge in [0, 0.05) is 24.2 Å². The third kappa shape index (κ3) is 1.52. The molecule has 0 atom stereocenters. The van der Waals surface area contributed by atoms with Crippen molar-refractivity contribution >= 4 is 11.0 Å². The Morgan fingerprint density at radius 1 is 0.688 bits per heavy atom. The van der Waals surface area contributed by atoms with Gasteiger partial charge >= 0.3 is 0 Å². The predicted octanol–water partition coefficient (Wildman–Crippen LogP) is 2.69. The van der Waals surface area contributed by atoms with Crippen molar-refractivity contribution in [2.75, 3.05) is 0 Å². The van der Waals surface area contributed by atoms with E-state index in [-0.39, 0.29) is 0 Å². The van der Waals surface area contributed by atoms with Crippen LogP contribution in [0.1, 0.15) is 0 Å². The third-order valence-corrected chi connectivity index (χ3v) is 2.43. The standard InChI is InChI=1S/C13H9N3/c1-2-6-14-11(3-1)10-4-5-12-13(9-10)16-8-7-15-12/h1-9H. The Balaban J connectivity index is 2.19. The minimum absolute atomic E-state index is 0.894. The van der Waals surface area contributed by atoms with E-state index in [0.717, 1.165) is 22.3 Å². The van der Waals surface area contributed by atoms with E-state index < -0.39 is 0 Å². The highest BCUT2D eigenvalue weighted by molar-refractivity contribution is 5.80. The minimum atomic E-state index is 0.894. The van der Waals surface area contributed by atoms with Gasteiger partial charge in [-0.15, -0.1) is 0 Å². The Hall–Kier alpha value is -2.29. The number of fused-ring (bicyclic) bond motifs is 1. The number of benzene rings is 1. The first kappa shape index (κ1) is 8.97. The van der Waals surface area contributed by atoms with E-state index in [0.29, 0.717) is 0 Å². The molecule has 3 nitrogen and oxygen atoms in total. The molecule has 3 rings (SSSR count). The Morgan fingerprint density at radius 2 is 1.56 bits per heavy atom. The van der Waals surface area contributed by atoms with Gasteiger partial charge in [0.2, 0.25) is 0 Å². The molecule has 0 unspecified atom stereocenters. The van der Waals surface area contributed by atoms with Crippen molar-refractivity contribution in [3.63, 3.8) is 0 Å². The van der Waals surface area contributed by atoms with E-state index >= 15 is 0 Å². The molecule has 2 heterocycles. The molecule has 1 aromatic carbocycles. The van der Waals surface area contributed by atoms with Crippen LogP contribution in [-0.2, 0) is 0 Å². The Morgan fingerprint density at radius 3 is 2.38 bits per heavy atom. The van der Waals surface area contributed by atoms with Gasteiger partial charge in [-0.3, -0.25) is 15.0 Å². The average molecular weight is 207 g/mol. The summed E-state index contributed by atoms with van der Waals surface area (Å²) in [7, 11) is 0. The summed E-state index contributed by atoms with van der Waals surface area (Å²) in [5.41, 5.74) is 3.82. The molecule has 0 spiro atoms. The molecule has 2 aromatic heterocycles. The maximum atomic E-state index is 4.31. The van der Waals surface area contributed by atoms with Crippen molar-refractivity contribution < 1.29 is 0 Å². The van der Waals surface area contributed by atoms with E-state index in [1.165, 1.54) is 0 Å². The molecule has 3 heteroatoms. The molecule has 0 aliphatic heterocycles. The van der Waals surface area contributed by atoms with Gasteiger partial charge in [-0.1, -0.05) is 12.1 Å². The zero-order chi connectivity index (χ0) is 10.8. The average Bonchev–Trinajstić information content (AvgIpc) is 2.39. The van der Waals surface area contributed by atoms with Gasteiger partial charge in [-0.2, -0.15) is 0 Å². The van der Waals surface area contributed by atoms with Gasteiger partial charge in [0.05, 0.1) is 16.7 Å². The fourth-order valence-electron chi connectivity index (χ4n) is 1.66. The summed E-state index contributed by atoms with van der Waals surface area (Å²) in [6, 6.07) is 11.8. The Kier molecular flexibility index (Phi) is 2.07. The number of aromatic nitrogens is 3. The fraction of sp³-hybridized carbons (Fsp3) is 0. The number of pyridine rings is 1. The second-order valence-corrected chi connectivity index (χ2v) is 3.47. The van der Waals surface area contributed by atoms with E-state index in [1.807, 2.05) is 36.4 Å². The highest BCUT2D eigenvalue weighted by Crippen LogP contribution is 2.19. The molecule has 0 amide bonds. The van der Waals surface area contributed by atoms with Crippen molar-refractivity contribution in [2.24, 2.45) is 0 Å². The highest BCUT2D eigenvalue weighted by atomic mass is 14.8. The van der Waals surface area contributed by atoms with Crippen molar-refractivity contribution in [3.8, 4) is 11.3 Å². The summed E-state index contributed by atoms with van der Waals surface area (Å²) >= 11 is 0. The molecule has 3 aromatic rings. The SMILES string of the molecule is c1ccc(-c2ccc3nccnc3c2)nc1. The number of nitrogens with zero attached hydrogens (tertiary/aromatic N) is 3. The molecule has 76 valence electrons. The molecule has 0 saturated carbocycles. The van der Waals surface area contributed by atoms with Crippen LogP contribution in [0.25, 0.3) is 22.3 Å². The predicted molar refractivity (Wildman–Crippen MR) is 62.8 cm³/mol. The second-order valence-electron chi connectivity index (χ2n) is 3.47. The molecule has 0 aliphatic rings. The van der Waals surface area contributed by atoms with Gasteiger partial charge < -0.3 is 0 Å². The smallest absolute Gasteiger partial charge is 0.0893 e.